The van der Waals surface area contributed by atoms with Gasteiger partial charge in [-0.1, -0.05) is 26.7 Å². The second kappa shape index (κ2) is 8.04. The first-order valence-corrected chi connectivity index (χ1v) is 6.80. The molecule has 0 amide bonds. The standard InChI is InChI=1S/C13H28N2O/c1-4-6-12(7-5-2)15(3)11-13-10-14-8-9-16-13/h12-14H,4-11H2,1-3H3. The third-order valence-corrected chi connectivity index (χ3v) is 3.36. The van der Waals surface area contributed by atoms with E-state index in [-0.39, 0.29) is 0 Å². The minimum Gasteiger partial charge on any atom is -0.374 e. The van der Waals surface area contributed by atoms with E-state index in [2.05, 4.69) is 31.1 Å². The fourth-order valence-corrected chi connectivity index (χ4v) is 2.46. The van der Waals surface area contributed by atoms with E-state index in [4.69, 9.17) is 4.74 Å². The molecule has 0 aliphatic carbocycles. The molecule has 96 valence electrons. The fourth-order valence-electron chi connectivity index (χ4n) is 2.46. The summed E-state index contributed by atoms with van der Waals surface area (Å²) in [5.74, 6) is 0. The monoisotopic (exact) mass is 228 g/mol. The molecule has 1 heterocycles. The molecule has 1 unspecified atom stereocenters. The van der Waals surface area contributed by atoms with Crippen molar-refractivity contribution in [1.82, 2.24) is 10.2 Å². The van der Waals surface area contributed by atoms with Crippen LogP contribution in [0.1, 0.15) is 39.5 Å². The summed E-state index contributed by atoms with van der Waals surface area (Å²) in [6, 6.07) is 0.737. The molecule has 1 atom stereocenters. The maximum atomic E-state index is 5.75. The molecular formula is C13H28N2O. The van der Waals surface area contributed by atoms with E-state index < -0.39 is 0 Å². The lowest BCUT2D eigenvalue weighted by molar-refractivity contribution is 0.00133. The highest BCUT2D eigenvalue weighted by Crippen LogP contribution is 2.13. The van der Waals surface area contributed by atoms with Crippen molar-refractivity contribution < 1.29 is 4.74 Å². The van der Waals surface area contributed by atoms with Gasteiger partial charge in [-0.2, -0.15) is 0 Å². The Balaban J connectivity index is 2.31. The Bertz CT molecular complexity index is 163. The summed E-state index contributed by atoms with van der Waals surface area (Å²) in [6.07, 6.45) is 5.56. The molecule has 3 nitrogen and oxygen atoms in total. The number of hydrogen-bond donors (Lipinski definition) is 1. The largest absolute Gasteiger partial charge is 0.374 e. The summed E-state index contributed by atoms with van der Waals surface area (Å²) in [5.41, 5.74) is 0. The maximum Gasteiger partial charge on any atom is 0.0826 e. The fraction of sp³-hybridized carbons (Fsp3) is 1.00. The number of hydrogen-bond acceptors (Lipinski definition) is 3. The number of ether oxygens (including phenoxy) is 1. The zero-order chi connectivity index (χ0) is 11.8. The quantitative estimate of drug-likeness (QED) is 0.720. The normalized spacial score (nSPS) is 21.9. The van der Waals surface area contributed by atoms with Gasteiger partial charge >= 0.3 is 0 Å². The third kappa shape index (κ3) is 4.81. The van der Waals surface area contributed by atoms with Gasteiger partial charge in [0.25, 0.3) is 0 Å². The van der Waals surface area contributed by atoms with Crippen molar-refractivity contribution in [2.24, 2.45) is 0 Å². The van der Waals surface area contributed by atoms with Crippen LogP contribution < -0.4 is 5.32 Å². The van der Waals surface area contributed by atoms with Gasteiger partial charge in [-0.05, 0) is 19.9 Å². The van der Waals surface area contributed by atoms with Crippen LogP contribution in [0, 0.1) is 0 Å². The Morgan fingerprint density at radius 1 is 1.31 bits per heavy atom. The minimum atomic E-state index is 0.384. The van der Waals surface area contributed by atoms with Gasteiger partial charge in [0.2, 0.25) is 0 Å². The summed E-state index contributed by atoms with van der Waals surface area (Å²) in [6.45, 7) is 8.50. The van der Waals surface area contributed by atoms with Gasteiger partial charge in [0.1, 0.15) is 0 Å². The molecule has 0 spiro atoms. The first-order chi connectivity index (χ1) is 7.77. The van der Waals surface area contributed by atoms with Crippen LogP contribution >= 0.6 is 0 Å². The van der Waals surface area contributed by atoms with Crippen molar-refractivity contribution in [2.45, 2.75) is 51.7 Å². The number of nitrogens with zero attached hydrogens (tertiary/aromatic N) is 1. The molecule has 1 N–H and O–H groups in total. The summed E-state index contributed by atoms with van der Waals surface area (Å²) >= 11 is 0. The summed E-state index contributed by atoms with van der Waals surface area (Å²) < 4.78 is 5.75. The van der Waals surface area contributed by atoms with Crippen molar-refractivity contribution in [3.8, 4) is 0 Å². The van der Waals surface area contributed by atoms with E-state index in [1.807, 2.05) is 0 Å². The summed E-state index contributed by atoms with van der Waals surface area (Å²) in [7, 11) is 2.24. The lowest BCUT2D eigenvalue weighted by atomic mass is 10.0. The van der Waals surface area contributed by atoms with E-state index in [1.165, 1.54) is 25.7 Å². The minimum absolute atomic E-state index is 0.384. The lowest BCUT2D eigenvalue weighted by Crippen LogP contribution is -2.46. The Morgan fingerprint density at radius 2 is 2.00 bits per heavy atom. The number of rotatable bonds is 7. The average Bonchev–Trinajstić information content (AvgIpc) is 2.30. The van der Waals surface area contributed by atoms with Crippen molar-refractivity contribution in [3.63, 3.8) is 0 Å². The Kier molecular flexibility index (Phi) is 7.01. The zero-order valence-corrected chi connectivity index (χ0v) is 11.2. The number of nitrogens with one attached hydrogen (secondary N) is 1. The van der Waals surface area contributed by atoms with Crippen molar-refractivity contribution in [1.29, 1.82) is 0 Å². The zero-order valence-electron chi connectivity index (χ0n) is 11.2. The highest BCUT2D eigenvalue weighted by molar-refractivity contribution is 4.75. The van der Waals surface area contributed by atoms with E-state index in [9.17, 15) is 0 Å². The van der Waals surface area contributed by atoms with Crippen LogP contribution in [-0.2, 0) is 4.74 Å². The van der Waals surface area contributed by atoms with Gasteiger partial charge in [0.15, 0.2) is 0 Å². The third-order valence-electron chi connectivity index (χ3n) is 3.36. The van der Waals surface area contributed by atoms with Gasteiger partial charge in [0.05, 0.1) is 12.7 Å². The van der Waals surface area contributed by atoms with Crippen molar-refractivity contribution in [2.75, 3.05) is 33.3 Å². The van der Waals surface area contributed by atoms with Gasteiger partial charge in [0, 0.05) is 25.7 Å². The number of morpholine rings is 1. The molecule has 0 aromatic rings. The molecule has 1 aliphatic heterocycles. The van der Waals surface area contributed by atoms with Crippen LogP contribution in [0.15, 0.2) is 0 Å². The molecule has 0 bridgehead atoms. The second-order valence-corrected chi connectivity index (χ2v) is 4.87. The lowest BCUT2D eigenvalue weighted by Gasteiger charge is -2.33. The molecule has 0 saturated carbocycles. The molecule has 16 heavy (non-hydrogen) atoms. The predicted octanol–water partition coefficient (Wildman–Crippen LogP) is 1.88. The molecule has 1 rings (SSSR count). The molecule has 0 radical (unpaired) electrons. The first kappa shape index (κ1) is 13.9. The van der Waals surface area contributed by atoms with Crippen LogP contribution in [0.3, 0.4) is 0 Å². The smallest absolute Gasteiger partial charge is 0.0826 e. The first-order valence-electron chi connectivity index (χ1n) is 6.80. The molecule has 1 aliphatic rings. The molecular weight excluding hydrogens is 200 g/mol. The average molecular weight is 228 g/mol. The van der Waals surface area contributed by atoms with Crippen LogP contribution in [0.2, 0.25) is 0 Å². The Labute approximate surface area is 101 Å². The van der Waals surface area contributed by atoms with E-state index in [1.54, 1.807) is 0 Å². The van der Waals surface area contributed by atoms with Crippen LogP contribution in [0.4, 0.5) is 0 Å². The number of likely N-dealkylation sites (N-methyl/N-ethyl adjacent to an activating group) is 1. The molecule has 1 saturated heterocycles. The highest BCUT2D eigenvalue weighted by atomic mass is 16.5. The molecule has 1 fully saturated rings. The topological polar surface area (TPSA) is 24.5 Å². The van der Waals surface area contributed by atoms with Crippen molar-refractivity contribution in [3.05, 3.63) is 0 Å². The molecule has 0 aromatic heterocycles. The highest BCUT2D eigenvalue weighted by Gasteiger charge is 2.19. The van der Waals surface area contributed by atoms with E-state index in [0.29, 0.717) is 6.10 Å². The molecule has 0 aromatic carbocycles. The maximum absolute atomic E-state index is 5.75. The van der Waals surface area contributed by atoms with E-state index in [0.717, 1.165) is 32.3 Å². The summed E-state index contributed by atoms with van der Waals surface area (Å²) in [5, 5.41) is 3.39. The summed E-state index contributed by atoms with van der Waals surface area (Å²) in [4.78, 5) is 2.49. The van der Waals surface area contributed by atoms with Gasteiger partial charge in [-0.3, -0.25) is 0 Å². The second-order valence-electron chi connectivity index (χ2n) is 4.87. The van der Waals surface area contributed by atoms with Crippen LogP contribution in [-0.4, -0.2) is 50.3 Å². The SMILES string of the molecule is CCCC(CCC)N(C)CC1CNCCO1. The Hall–Kier alpha value is -0.120. The van der Waals surface area contributed by atoms with Gasteiger partial charge in [-0.25, -0.2) is 0 Å². The molecule has 3 heteroatoms. The van der Waals surface area contributed by atoms with Crippen LogP contribution in [0.25, 0.3) is 0 Å². The van der Waals surface area contributed by atoms with Crippen LogP contribution in [0.5, 0.6) is 0 Å². The van der Waals surface area contributed by atoms with E-state index >= 15 is 0 Å². The van der Waals surface area contributed by atoms with Gasteiger partial charge in [-0.15, -0.1) is 0 Å². The van der Waals surface area contributed by atoms with Gasteiger partial charge < -0.3 is 15.0 Å². The van der Waals surface area contributed by atoms with Crippen molar-refractivity contribution >= 4 is 0 Å². The predicted molar refractivity (Wildman–Crippen MR) is 68.8 cm³/mol. The Morgan fingerprint density at radius 3 is 2.50 bits per heavy atom.